The smallest absolute Gasteiger partial charge is 0.332 e. The molecule has 28 heavy (non-hydrogen) atoms. The van der Waals surface area contributed by atoms with E-state index in [1.807, 2.05) is 0 Å². The topological polar surface area (TPSA) is 125 Å². The molecule has 1 fully saturated rings. The number of carbonyl (C=O) groups is 1. The minimum absolute atomic E-state index is 0.00425. The van der Waals surface area contributed by atoms with Crippen LogP contribution in [0.4, 0.5) is 0 Å². The summed E-state index contributed by atoms with van der Waals surface area (Å²) in [5, 5.41) is 13.1. The molecule has 0 saturated carbocycles. The van der Waals surface area contributed by atoms with E-state index in [2.05, 4.69) is 21.2 Å². The van der Waals surface area contributed by atoms with Crippen LogP contribution in [0.1, 0.15) is 26.7 Å². The second kappa shape index (κ2) is 9.96. The third-order valence-electron chi connectivity index (χ3n) is 4.63. The molecule has 1 N–H and O–H groups in total. The van der Waals surface area contributed by atoms with E-state index < -0.39 is 16.3 Å². The van der Waals surface area contributed by atoms with Gasteiger partial charge in [0.25, 0.3) is 10.2 Å². The summed E-state index contributed by atoms with van der Waals surface area (Å²) < 4.78 is 38.7. The van der Waals surface area contributed by atoms with Crippen molar-refractivity contribution in [2.45, 2.75) is 32.7 Å². The molecule has 0 aliphatic carbocycles. The van der Waals surface area contributed by atoms with Gasteiger partial charge in [-0.3, -0.25) is 15.2 Å². The van der Waals surface area contributed by atoms with E-state index in [1.165, 1.54) is 13.4 Å². The van der Waals surface area contributed by atoms with Crippen LogP contribution in [0.5, 0.6) is 0 Å². The maximum Gasteiger partial charge on any atom is 0.332 e. The lowest BCUT2D eigenvalue weighted by atomic mass is 10.1. The van der Waals surface area contributed by atoms with E-state index in [-0.39, 0.29) is 42.0 Å². The molecule has 1 saturated heterocycles. The molecule has 1 unspecified atom stereocenters. The molecule has 0 spiro atoms. The number of piperazine rings is 1. The molecule has 1 aromatic heterocycles. The molecule has 0 aromatic carbocycles. The summed E-state index contributed by atoms with van der Waals surface area (Å²) in [5.41, 5.74) is -0.177. The number of halogens is 1. The van der Waals surface area contributed by atoms with Gasteiger partial charge in [-0.15, -0.1) is 0 Å². The SMILES string of the molecule is CCN(CC)S(=O)(=O)N1CCN([n+]2[n-]oc(=N)c2Br)C(C(=O)CCCOC)C1. The van der Waals surface area contributed by atoms with Crippen LogP contribution in [0.25, 0.3) is 0 Å². The Morgan fingerprint density at radius 3 is 2.64 bits per heavy atom. The quantitative estimate of drug-likeness (QED) is 0.333. The minimum atomic E-state index is -3.67. The lowest BCUT2D eigenvalue weighted by Gasteiger charge is -2.41. The maximum absolute atomic E-state index is 12.9. The van der Waals surface area contributed by atoms with Gasteiger partial charge in [-0.25, -0.2) is 0 Å². The van der Waals surface area contributed by atoms with E-state index in [0.29, 0.717) is 26.1 Å². The number of ketones is 1. The number of nitrogens with one attached hydrogen (secondary N) is 1. The molecule has 1 aliphatic rings. The average molecular weight is 483 g/mol. The molecule has 1 aliphatic heterocycles. The fraction of sp³-hybridized carbons (Fsp3) is 0.800. The Labute approximate surface area is 173 Å². The number of methoxy groups -OCH3 is 1. The largest absolute Gasteiger partial charge is 0.385 e. The summed E-state index contributed by atoms with van der Waals surface area (Å²) in [6.45, 7) is 5.15. The van der Waals surface area contributed by atoms with E-state index in [9.17, 15) is 13.2 Å². The molecule has 160 valence electrons. The van der Waals surface area contributed by atoms with Crippen molar-refractivity contribution in [3.8, 4) is 0 Å². The summed E-state index contributed by atoms with van der Waals surface area (Å²) in [6.07, 6.45) is 0.786. The third-order valence-corrected chi connectivity index (χ3v) is 7.46. The standard InChI is InChI=1S/C15H27BrN6O5S/c1-4-19(5-2)28(24,25)20-8-9-21(22-14(16)15(17)27-18-22)12(11-20)13(23)7-6-10-26-3/h12,17H,4-11H2,1-3H3. The van der Waals surface area contributed by atoms with Crippen molar-refractivity contribution in [3.63, 3.8) is 0 Å². The third kappa shape index (κ3) is 4.82. The van der Waals surface area contributed by atoms with Crippen molar-refractivity contribution in [3.05, 3.63) is 10.2 Å². The lowest BCUT2D eigenvalue weighted by molar-refractivity contribution is -0.775. The number of ether oxygens (including phenoxy) is 1. The van der Waals surface area contributed by atoms with Crippen molar-refractivity contribution in [2.24, 2.45) is 0 Å². The number of hydrogen-bond acceptors (Lipinski definition) is 7. The van der Waals surface area contributed by atoms with Gasteiger partial charge in [0.05, 0.1) is 6.04 Å². The number of rotatable bonds is 10. The fourth-order valence-electron chi connectivity index (χ4n) is 3.13. The van der Waals surface area contributed by atoms with E-state index >= 15 is 0 Å². The second-order valence-corrected chi connectivity index (χ2v) is 8.95. The molecule has 0 radical (unpaired) electrons. The highest BCUT2D eigenvalue weighted by molar-refractivity contribution is 9.10. The highest BCUT2D eigenvalue weighted by Crippen LogP contribution is 2.16. The first kappa shape index (κ1) is 23.0. The summed E-state index contributed by atoms with van der Waals surface area (Å²) >= 11 is 3.23. The molecule has 2 rings (SSSR count). The Kier molecular flexibility index (Phi) is 8.18. The first-order valence-corrected chi connectivity index (χ1v) is 11.3. The zero-order valence-corrected chi connectivity index (χ0v) is 18.7. The molecule has 13 heteroatoms. The van der Waals surface area contributed by atoms with Crippen molar-refractivity contribution < 1.29 is 27.3 Å². The van der Waals surface area contributed by atoms with Crippen LogP contribution in [-0.2, 0) is 19.7 Å². The van der Waals surface area contributed by atoms with Crippen LogP contribution in [0, 0.1) is 5.41 Å². The van der Waals surface area contributed by atoms with Crippen LogP contribution in [0.15, 0.2) is 9.13 Å². The van der Waals surface area contributed by atoms with Crippen molar-refractivity contribution in [1.29, 1.82) is 5.41 Å². The van der Waals surface area contributed by atoms with Crippen LogP contribution >= 0.6 is 15.9 Å². The monoisotopic (exact) mass is 482 g/mol. The predicted octanol–water partition coefficient (Wildman–Crippen LogP) is -1.03. The molecular formula is C15H27BrN6O5S. The average Bonchev–Trinajstić information content (AvgIpc) is 3.00. The lowest BCUT2D eigenvalue weighted by Crippen LogP contribution is -2.74. The highest BCUT2D eigenvalue weighted by Gasteiger charge is 2.39. The Balaban J connectivity index is 2.30. The molecule has 1 atom stereocenters. The van der Waals surface area contributed by atoms with Gasteiger partial charge < -0.3 is 9.26 Å². The summed E-state index contributed by atoms with van der Waals surface area (Å²) in [4.78, 5) is 14.2. The van der Waals surface area contributed by atoms with Gasteiger partial charge in [0.2, 0.25) is 0 Å². The zero-order valence-electron chi connectivity index (χ0n) is 16.3. The Morgan fingerprint density at radius 2 is 2.11 bits per heavy atom. The van der Waals surface area contributed by atoms with Crippen LogP contribution in [0.3, 0.4) is 0 Å². The maximum atomic E-state index is 12.9. The van der Waals surface area contributed by atoms with E-state index in [4.69, 9.17) is 14.7 Å². The van der Waals surface area contributed by atoms with Crippen LogP contribution < -0.4 is 20.6 Å². The number of carbonyl (C=O) groups excluding carboxylic acids is 1. The summed E-state index contributed by atoms with van der Waals surface area (Å²) in [7, 11) is -2.10. The van der Waals surface area contributed by atoms with Gasteiger partial charge in [-0.1, -0.05) is 18.6 Å². The van der Waals surface area contributed by atoms with Crippen molar-refractivity contribution in [1.82, 2.24) is 13.9 Å². The van der Waals surface area contributed by atoms with Gasteiger partial charge in [-0.05, 0) is 11.7 Å². The first-order chi connectivity index (χ1) is 13.3. The Hall–Kier alpha value is -1.28. The Bertz CT molecular complexity index is 821. The van der Waals surface area contributed by atoms with Gasteiger partial charge in [0.1, 0.15) is 5.78 Å². The van der Waals surface area contributed by atoms with Crippen LogP contribution in [0.2, 0.25) is 0 Å². The van der Waals surface area contributed by atoms with Gasteiger partial charge >= 0.3 is 10.2 Å². The number of aromatic nitrogens is 2. The molecule has 11 nitrogen and oxygen atoms in total. The minimum Gasteiger partial charge on any atom is -0.385 e. The van der Waals surface area contributed by atoms with Crippen LogP contribution in [-0.4, -0.2) is 75.3 Å². The molecule has 2 heterocycles. The number of Topliss-reactive ketones (excluding diaryl/α,β-unsaturated/α-hetero) is 1. The number of hydrogen-bond donors (Lipinski definition) is 1. The molecular weight excluding hydrogens is 456 g/mol. The normalized spacial score (nSPS) is 18.8. The molecule has 0 bridgehead atoms. The van der Waals surface area contributed by atoms with Gasteiger partial charge in [0.15, 0.2) is 0 Å². The van der Waals surface area contributed by atoms with E-state index in [1.54, 1.807) is 26.0 Å². The van der Waals surface area contributed by atoms with Gasteiger partial charge in [-0.2, -0.15) is 17.0 Å². The van der Waals surface area contributed by atoms with Gasteiger partial charge in [0, 0.05) is 68.8 Å². The predicted molar refractivity (Wildman–Crippen MR) is 102 cm³/mol. The van der Waals surface area contributed by atoms with Crippen molar-refractivity contribution >= 4 is 31.9 Å². The molecule has 1 aromatic rings. The second-order valence-electron chi connectivity index (χ2n) is 6.27. The number of nitrogens with zero attached hydrogens (tertiary/aromatic N) is 5. The summed E-state index contributed by atoms with van der Waals surface area (Å²) in [5.74, 6) is -0.120. The first-order valence-electron chi connectivity index (χ1n) is 9.10. The fourth-order valence-corrected chi connectivity index (χ4v) is 5.09. The Morgan fingerprint density at radius 1 is 1.43 bits per heavy atom. The zero-order chi connectivity index (χ0) is 20.9. The van der Waals surface area contributed by atoms with E-state index in [0.717, 1.165) is 0 Å². The highest BCUT2D eigenvalue weighted by atomic mass is 79.9. The van der Waals surface area contributed by atoms with Crippen molar-refractivity contribution in [2.75, 3.05) is 51.4 Å². The summed E-state index contributed by atoms with van der Waals surface area (Å²) in [6, 6.07) is -0.748. The molecule has 0 amide bonds.